The minimum Gasteiger partial charge on any atom is -0.497 e. The third-order valence-corrected chi connectivity index (χ3v) is 3.12. The first-order chi connectivity index (χ1) is 10.5. The summed E-state index contributed by atoms with van der Waals surface area (Å²) in [5.41, 5.74) is 0.473. The highest BCUT2D eigenvalue weighted by Crippen LogP contribution is 2.21. The Bertz CT molecular complexity index is 694. The number of carboxylic acids is 1. The van der Waals surface area contributed by atoms with Crippen molar-refractivity contribution in [3.05, 3.63) is 58.6 Å². The first-order valence-corrected chi connectivity index (χ1v) is 6.71. The molecular weight excluding hydrogens is 308 g/mol. The normalized spacial score (nSPS) is 10.1. The van der Waals surface area contributed by atoms with Gasteiger partial charge in [-0.3, -0.25) is 4.79 Å². The van der Waals surface area contributed by atoms with Crippen molar-refractivity contribution in [2.24, 2.45) is 0 Å². The number of hydrogen-bond acceptors (Lipinski definition) is 4. The van der Waals surface area contributed by atoms with Crippen LogP contribution in [0.15, 0.2) is 42.5 Å². The summed E-state index contributed by atoms with van der Waals surface area (Å²) < 4.78 is 10.3. The van der Waals surface area contributed by atoms with Crippen molar-refractivity contribution in [2.75, 3.05) is 13.7 Å². The number of aromatic carboxylic acids is 1. The van der Waals surface area contributed by atoms with Gasteiger partial charge in [-0.2, -0.15) is 0 Å². The highest BCUT2D eigenvalue weighted by atomic mass is 35.5. The van der Waals surface area contributed by atoms with Crippen LogP contribution in [0.1, 0.15) is 20.7 Å². The molecule has 5 nitrogen and oxygen atoms in total. The minimum atomic E-state index is -1.12. The highest BCUT2D eigenvalue weighted by molar-refractivity contribution is 6.31. The van der Waals surface area contributed by atoms with Crippen LogP contribution in [0.2, 0.25) is 5.02 Å². The third-order valence-electron chi connectivity index (χ3n) is 2.90. The number of methoxy groups -OCH3 is 1. The van der Waals surface area contributed by atoms with E-state index in [0.717, 1.165) is 0 Å². The predicted molar refractivity (Wildman–Crippen MR) is 81.2 cm³/mol. The maximum absolute atomic E-state index is 12.0. The van der Waals surface area contributed by atoms with Gasteiger partial charge in [-0.1, -0.05) is 11.6 Å². The standard InChI is InChI=1S/C16H13ClO5/c1-21-13-4-2-10(3-5-13)15(18)9-22-14-7-11(16(19)20)6-12(17)8-14/h2-8H,9H2,1H3,(H,19,20). The topological polar surface area (TPSA) is 72.8 Å². The summed E-state index contributed by atoms with van der Waals surface area (Å²) >= 11 is 5.82. The van der Waals surface area contributed by atoms with Crippen LogP contribution in [0, 0.1) is 0 Å². The molecular formula is C16H13ClO5. The van der Waals surface area contributed by atoms with Gasteiger partial charge in [-0.15, -0.1) is 0 Å². The fourth-order valence-corrected chi connectivity index (χ4v) is 2.00. The monoisotopic (exact) mass is 320 g/mol. The number of rotatable bonds is 6. The predicted octanol–water partition coefficient (Wildman–Crippen LogP) is 3.31. The smallest absolute Gasteiger partial charge is 0.335 e. The van der Waals surface area contributed by atoms with Crippen LogP contribution in [0.3, 0.4) is 0 Å². The van der Waals surface area contributed by atoms with Gasteiger partial charge in [0.15, 0.2) is 12.4 Å². The van der Waals surface area contributed by atoms with E-state index < -0.39 is 5.97 Å². The number of ketones is 1. The molecule has 2 rings (SSSR count). The number of halogens is 1. The van der Waals surface area contributed by atoms with Gasteiger partial charge in [0.2, 0.25) is 0 Å². The van der Waals surface area contributed by atoms with Gasteiger partial charge < -0.3 is 14.6 Å². The average Bonchev–Trinajstić information content (AvgIpc) is 2.52. The maximum Gasteiger partial charge on any atom is 0.335 e. The summed E-state index contributed by atoms with van der Waals surface area (Å²) in [6, 6.07) is 10.7. The molecule has 0 aliphatic heterocycles. The molecule has 2 aromatic carbocycles. The highest BCUT2D eigenvalue weighted by Gasteiger charge is 2.10. The van der Waals surface area contributed by atoms with Crippen molar-refractivity contribution in [1.82, 2.24) is 0 Å². The Labute approximate surface area is 132 Å². The van der Waals surface area contributed by atoms with Crippen LogP contribution in [0.5, 0.6) is 11.5 Å². The Morgan fingerprint density at radius 2 is 1.73 bits per heavy atom. The summed E-state index contributed by atoms with van der Waals surface area (Å²) in [7, 11) is 1.54. The van der Waals surface area contributed by atoms with E-state index in [-0.39, 0.29) is 28.7 Å². The number of Topliss-reactive ketones (excluding diaryl/α,β-unsaturated/α-hetero) is 1. The summed E-state index contributed by atoms with van der Waals surface area (Å²) in [5.74, 6) is -0.474. The van der Waals surface area contributed by atoms with Crippen molar-refractivity contribution >= 4 is 23.4 Å². The molecule has 0 aliphatic rings. The number of benzene rings is 2. The Hall–Kier alpha value is -2.53. The third kappa shape index (κ3) is 3.99. The van der Waals surface area contributed by atoms with E-state index in [2.05, 4.69) is 0 Å². The molecule has 1 N–H and O–H groups in total. The molecule has 0 atom stereocenters. The molecule has 22 heavy (non-hydrogen) atoms. The van der Waals surface area contributed by atoms with Gasteiger partial charge in [0.1, 0.15) is 11.5 Å². The van der Waals surface area contributed by atoms with Gasteiger partial charge in [0.05, 0.1) is 12.7 Å². The number of hydrogen-bond donors (Lipinski definition) is 1. The minimum absolute atomic E-state index is 0.000559. The lowest BCUT2D eigenvalue weighted by Crippen LogP contribution is -2.12. The molecule has 0 radical (unpaired) electrons. The van der Waals surface area contributed by atoms with Gasteiger partial charge in [0.25, 0.3) is 0 Å². The lowest BCUT2D eigenvalue weighted by molar-refractivity contribution is 0.0696. The molecule has 0 saturated heterocycles. The molecule has 0 aromatic heterocycles. The molecule has 0 amide bonds. The van der Waals surface area contributed by atoms with Crippen LogP contribution in [-0.2, 0) is 0 Å². The summed E-state index contributed by atoms with van der Waals surface area (Å²) in [4.78, 5) is 22.9. The zero-order valence-electron chi connectivity index (χ0n) is 11.7. The van der Waals surface area contributed by atoms with E-state index in [4.69, 9.17) is 26.2 Å². The summed E-state index contributed by atoms with van der Waals surface area (Å²) in [5, 5.41) is 9.17. The van der Waals surface area contributed by atoms with E-state index in [1.807, 2.05) is 0 Å². The Kier molecular flexibility index (Phi) is 5.01. The Balaban J connectivity index is 2.05. The van der Waals surface area contributed by atoms with Crippen molar-refractivity contribution < 1.29 is 24.2 Å². The molecule has 0 heterocycles. The fourth-order valence-electron chi connectivity index (χ4n) is 1.78. The Morgan fingerprint density at radius 1 is 1.05 bits per heavy atom. The molecule has 0 aliphatic carbocycles. The van der Waals surface area contributed by atoms with Crippen LogP contribution in [-0.4, -0.2) is 30.6 Å². The second-order valence-corrected chi connectivity index (χ2v) is 4.86. The van der Waals surface area contributed by atoms with Gasteiger partial charge in [-0.25, -0.2) is 4.79 Å². The zero-order valence-corrected chi connectivity index (χ0v) is 12.5. The molecule has 0 bridgehead atoms. The van der Waals surface area contributed by atoms with Crippen LogP contribution < -0.4 is 9.47 Å². The van der Waals surface area contributed by atoms with E-state index in [9.17, 15) is 9.59 Å². The second-order valence-electron chi connectivity index (χ2n) is 4.42. The van der Waals surface area contributed by atoms with Crippen molar-refractivity contribution in [3.63, 3.8) is 0 Å². The molecule has 114 valence electrons. The van der Waals surface area contributed by atoms with Crippen molar-refractivity contribution in [1.29, 1.82) is 0 Å². The average molecular weight is 321 g/mol. The van der Waals surface area contributed by atoms with E-state index in [1.165, 1.54) is 18.2 Å². The maximum atomic E-state index is 12.0. The van der Waals surface area contributed by atoms with Crippen LogP contribution >= 0.6 is 11.6 Å². The van der Waals surface area contributed by atoms with Crippen LogP contribution in [0.4, 0.5) is 0 Å². The van der Waals surface area contributed by atoms with Gasteiger partial charge in [0, 0.05) is 10.6 Å². The lowest BCUT2D eigenvalue weighted by atomic mass is 10.1. The van der Waals surface area contributed by atoms with E-state index >= 15 is 0 Å². The number of carboxylic acid groups (broad SMARTS) is 1. The largest absolute Gasteiger partial charge is 0.497 e. The summed E-state index contributed by atoms with van der Waals surface area (Å²) in [6.45, 7) is -0.217. The first kappa shape index (κ1) is 15.9. The molecule has 6 heteroatoms. The van der Waals surface area contributed by atoms with E-state index in [0.29, 0.717) is 11.3 Å². The van der Waals surface area contributed by atoms with Crippen LogP contribution in [0.25, 0.3) is 0 Å². The zero-order chi connectivity index (χ0) is 16.1. The first-order valence-electron chi connectivity index (χ1n) is 6.33. The SMILES string of the molecule is COc1ccc(C(=O)COc2cc(Cl)cc(C(=O)O)c2)cc1. The quantitative estimate of drug-likeness (QED) is 0.827. The lowest BCUT2D eigenvalue weighted by Gasteiger charge is -2.07. The van der Waals surface area contributed by atoms with Gasteiger partial charge in [-0.05, 0) is 42.5 Å². The number of ether oxygens (including phenoxy) is 2. The molecule has 0 fully saturated rings. The number of carbonyl (C=O) groups is 2. The molecule has 0 spiro atoms. The molecule has 2 aromatic rings. The Morgan fingerprint density at radius 3 is 2.32 bits per heavy atom. The van der Waals surface area contributed by atoms with Crippen molar-refractivity contribution in [2.45, 2.75) is 0 Å². The number of carbonyl (C=O) groups excluding carboxylic acids is 1. The second kappa shape index (κ2) is 6.95. The molecule has 0 saturated carbocycles. The molecule has 0 unspecified atom stereocenters. The summed E-state index contributed by atoms with van der Waals surface area (Å²) in [6.07, 6.45) is 0. The fraction of sp³-hybridized carbons (Fsp3) is 0.125. The van der Waals surface area contributed by atoms with E-state index in [1.54, 1.807) is 31.4 Å². The van der Waals surface area contributed by atoms with Crippen molar-refractivity contribution in [3.8, 4) is 11.5 Å². The van der Waals surface area contributed by atoms with Gasteiger partial charge >= 0.3 is 5.97 Å².